The van der Waals surface area contributed by atoms with E-state index >= 15 is 0 Å². The third kappa shape index (κ3) is 2.21. The summed E-state index contributed by atoms with van der Waals surface area (Å²) in [4.78, 5) is 28.1. The molecule has 86 valence electrons. The van der Waals surface area contributed by atoms with Crippen LogP contribution in [-0.4, -0.2) is 23.5 Å². The number of hydrogen-bond acceptors (Lipinski definition) is 4. The molecule has 5 nitrogen and oxygen atoms in total. The molecule has 0 aromatic carbocycles. The number of thiazole rings is 1. The first-order chi connectivity index (χ1) is 7.56. The van der Waals surface area contributed by atoms with Gasteiger partial charge in [-0.15, -0.1) is 11.3 Å². The Bertz CT molecular complexity index is 427. The number of nitrogens with one attached hydrogen (secondary N) is 1. The van der Waals surface area contributed by atoms with Crippen molar-refractivity contribution in [3.8, 4) is 0 Å². The predicted octanol–water partition coefficient (Wildman–Crippen LogP) is 1.40. The minimum Gasteiger partial charge on any atom is -0.276 e. The van der Waals surface area contributed by atoms with E-state index in [-0.39, 0.29) is 18.5 Å². The number of nitrogens with zero attached hydrogens (tertiary/aromatic N) is 2. The van der Waals surface area contributed by atoms with Crippen molar-refractivity contribution in [3.63, 3.8) is 0 Å². The quantitative estimate of drug-likeness (QED) is 0.811. The van der Waals surface area contributed by atoms with E-state index in [1.807, 2.05) is 5.38 Å². The SMILES string of the molecule is CC(C)Cc1csc(N2CC(=O)NC2=O)n1. The molecule has 0 unspecified atom stereocenters. The van der Waals surface area contributed by atoms with Crippen LogP contribution in [0.5, 0.6) is 0 Å². The standard InChI is InChI=1S/C10H13N3O2S/c1-6(2)3-7-5-16-10(11-7)13-4-8(14)12-9(13)15/h5-6H,3-4H2,1-2H3,(H,12,14,15). The van der Waals surface area contributed by atoms with Crippen LogP contribution in [0.25, 0.3) is 0 Å². The summed E-state index contributed by atoms with van der Waals surface area (Å²) >= 11 is 1.40. The minimum atomic E-state index is -0.379. The summed E-state index contributed by atoms with van der Waals surface area (Å²) in [6.07, 6.45) is 0.889. The van der Waals surface area contributed by atoms with Crippen molar-refractivity contribution in [2.45, 2.75) is 20.3 Å². The van der Waals surface area contributed by atoms with Gasteiger partial charge in [-0.05, 0) is 12.3 Å². The molecule has 0 spiro atoms. The topological polar surface area (TPSA) is 62.3 Å². The van der Waals surface area contributed by atoms with E-state index in [0.29, 0.717) is 11.0 Å². The molecule has 1 saturated heterocycles. The van der Waals surface area contributed by atoms with Gasteiger partial charge in [0.05, 0.1) is 5.69 Å². The highest BCUT2D eigenvalue weighted by molar-refractivity contribution is 7.14. The normalized spacial score (nSPS) is 16.1. The van der Waals surface area contributed by atoms with Gasteiger partial charge in [0.25, 0.3) is 0 Å². The van der Waals surface area contributed by atoms with Crippen molar-refractivity contribution in [2.75, 3.05) is 11.4 Å². The van der Waals surface area contributed by atoms with Crippen molar-refractivity contribution in [1.82, 2.24) is 10.3 Å². The lowest BCUT2D eigenvalue weighted by Gasteiger charge is -2.07. The second-order valence-electron chi connectivity index (χ2n) is 4.16. The monoisotopic (exact) mass is 239 g/mol. The van der Waals surface area contributed by atoms with E-state index in [4.69, 9.17) is 0 Å². The lowest BCUT2D eigenvalue weighted by molar-refractivity contribution is -0.117. The molecule has 1 N–H and O–H groups in total. The summed E-state index contributed by atoms with van der Waals surface area (Å²) in [6.45, 7) is 4.31. The molecule has 0 atom stereocenters. The van der Waals surface area contributed by atoms with Crippen LogP contribution in [0.3, 0.4) is 0 Å². The first kappa shape index (κ1) is 11.1. The van der Waals surface area contributed by atoms with Gasteiger partial charge in [0.2, 0.25) is 5.91 Å². The zero-order valence-corrected chi connectivity index (χ0v) is 10.0. The molecule has 0 aliphatic carbocycles. The lowest BCUT2D eigenvalue weighted by atomic mass is 10.1. The Kier molecular flexibility index (Phi) is 2.91. The summed E-state index contributed by atoms with van der Waals surface area (Å²) in [7, 11) is 0. The average molecular weight is 239 g/mol. The number of urea groups is 1. The Morgan fingerprint density at radius 3 is 2.88 bits per heavy atom. The molecule has 0 saturated carbocycles. The zero-order chi connectivity index (χ0) is 11.7. The van der Waals surface area contributed by atoms with E-state index in [0.717, 1.165) is 12.1 Å². The number of amides is 3. The van der Waals surface area contributed by atoms with Gasteiger partial charge in [-0.25, -0.2) is 9.78 Å². The Hall–Kier alpha value is -1.43. The molecular weight excluding hydrogens is 226 g/mol. The van der Waals surface area contributed by atoms with Crippen LogP contribution in [0, 0.1) is 5.92 Å². The third-order valence-corrected chi connectivity index (χ3v) is 3.09. The van der Waals surface area contributed by atoms with Gasteiger partial charge < -0.3 is 0 Å². The van der Waals surface area contributed by atoms with Crippen LogP contribution in [0.2, 0.25) is 0 Å². The molecule has 2 rings (SSSR count). The van der Waals surface area contributed by atoms with Crippen LogP contribution < -0.4 is 10.2 Å². The molecule has 3 amide bonds. The van der Waals surface area contributed by atoms with Gasteiger partial charge in [0, 0.05) is 5.38 Å². The lowest BCUT2D eigenvalue weighted by Crippen LogP contribution is -2.27. The van der Waals surface area contributed by atoms with E-state index in [2.05, 4.69) is 24.1 Å². The average Bonchev–Trinajstić information content (AvgIpc) is 2.72. The minimum absolute atomic E-state index is 0.0769. The maximum absolute atomic E-state index is 11.4. The fraction of sp³-hybridized carbons (Fsp3) is 0.500. The molecule has 0 bridgehead atoms. The number of anilines is 1. The molecule has 2 heterocycles. The van der Waals surface area contributed by atoms with E-state index in [9.17, 15) is 9.59 Å². The van der Waals surface area contributed by atoms with Crippen LogP contribution in [0.4, 0.5) is 9.93 Å². The molecule has 16 heavy (non-hydrogen) atoms. The molecule has 6 heteroatoms. The fourth-order valence-corrected chi connectivity index (χ4v) is 2.36. The first-order valence-corrected chi connectivity index (χ1v) is 6.00. The van der Waals surface area contributed by atoms with E-state index < -0.39 is 0 Å². The van der Waals surface area contributed by atoms with Crippen LogP contribution in [-0.2, 0) is 11.2 Å². The van der Waals surface area contributed by atoms with Gasteiger partial charge in [-0.1, -0.05) is 13.8 Å². The number of rotatable bonds is 3. The summed E-state index contributed by atoms with van der Waals surface area (Å²) < 4.78 is 0. The molecular formula is C10H13N3O2S. The van der Waals surface area contributed by atoms with Crippen molar-refractivity contribution in [1.29, 1.82) is 0 Å². The number of carbonyl (C=O) groups excluding carboxylic acids is 2. The van der Waals surface area contributed by atoms with Gasteiger partial charge in [-0.2, -0.15) is 0 Å². The number of aromatic nitrogens is 1. The molecule has 1 aromatic rings. The van der Waals surface area contributed by atoms with Gasteiger partial charge in [0.1, 0.15) is 6.54 Å². The van der Waals surface area contributed by atoms with Crippen molar-refractivity contribution in [2.24, 2.45) is 5.92 Å². The highest BCUT2D eigenvalue weighted by atomic mass is 32.1. The Morgan fingerprint density at radius 1 is 1.56 bits per heavy atom. The fourth-order valence-electron chi connectivity index (χ4n) is 1.53. The third-order valence-electron chi connectivity index (χ3n) is 2.18. The van der Waals surface area contributed by atoms with Crippen LogP contribution >= 0.6 is 11.3 Å². The summed E-state index contributed by atoms with van der Waals surface area (Å²) in [6, 6.07) is -0.379. The Morgan fingerprint density at radius 2 is 2.31 bits per heavy atom. The van der Waals surface area contributed by atoms with Crippen molar-refractivity contribution >= 4 is 28.4 Å². The maximum atomic E-state index is 11.4. The summed E-state index contributed by atoms with van der Waals surface area (Å²) in [5, 5.41) is 4.76. The second kappa shape index (κ2) is 4.21. The summed E-state index contributed by atoms with van der Waals surface area (Å²) in [5.74, 6) is 0.259. The zero-order valence-electron chi connectivity index (χ0n) is 9.19. The summed E-state index contributed by atoms with van der Waals surface area (Å²) in [5.41, 5.74) is 0.974. The van der Waals surface area contributed by atoms with Crippen molar-refractivity contribution in [3.05, 3.63) is 11.1 Å². The molecule has 1 aliphatic rings. The Balaban J connectivity index is 2.13. The molecule has 1 fully saturated rings. The maximum Gasteiger partial charge on any atom is 0.330 e. The molecule has 1 aromatic heterocycles. The van der Waals surface area contributed by atoms with Crippen molar-refractivity contribution < 1.29 is 9.59 Å². The van der Waals surface area contributed by atoms with Crippen LogP contribution in [0.15, 0.2) is 5.38 Å². The highest BCUT2D eigenvalue weighted by Crippen LogP contribution is 2.23. The van der Waals surface area contributed by atoms with E-state index in [1.165, 1.54) is 16.2 Å². The molecule has 0 radical (unpaired) electrons. The van der Waals surface area contributed by atoms with Gasteiger partial charge >= 0.3 is 6.03 Å². The predicted molar refractivity (Wildman–Crippen MR) is 61.5 cm³/mol. The second-order valence-corrected chi connectivity index (χ2v) is 5.00. The highest BCUT2D eigenvalue weighted by Gasteiger charge is 2.29. The van der Waals surface area contributed by atoms with Gasteiger partial charge in [-0.3, -0.25) is 15.0 Å². The number of hydrogen-bond donors (Lipinski definition) is 1. The first-order valence-electron chi connectivity index (χ1n) is 5.12. The smallest absolute Gasteiger partial charge is 0.276 e. The Labute approximate surface area is 97.5 Å². The van der Waals surface area contributed by atoms with Crippen LogP contribution in [0.1, 0.15) is 19.5 Å². The molecule has 1 aliphatic heterocycles. The van der Waals surface area contributed by atoms with E-state index in [1.54, 1.807) is 0 Å². The number of carbonyl (C=O) groups is 2. The van der Waals surface area contributed by atoms with Gasteiger partial charge in [0.15, 0.2) is 5.13 Å². The largest absolute Gasteiger partial charge is 0.330 e. The number of imide groups is 1.